The maximum atomic E-state index is 14.6. The van der Waals surface area contributed by atoms with Gasteiger partial charge in [0, 0.05) is 31.6 Å². The molecule has 0 atom stereocenters. The van der Waals surface area contributed by atoms with Crippen LogP contribution in [0.4, 0.5) is 4.39 Å². The average molecular weight is 235 g/mol. The van der Waals surface area contributed by atoms with E-state index >= 15 is 0 Å². The molecule has 2 aliphatic rings. The van der Waals surface area contributed by atoms with Crippen LogP contribution in [0.3, 0.4) is 0 Å². The van der Waals surface area contributed by atoms with E-state index in [9.17, 15) is 4.39 Å². The minimum atomic E-state index is -1.21. The van der Waals surface area contributed by atoms with Crippen LogP contribution in [0.5, 0.6) is 0 Å². The second-order valence-corrected chi connectivity index (χ2v) is 5.31. The quantitative estimate of drug-likeness (QED) is 0.855. The Morgan fingerprint density at radius 3 is 2.00 bits per heavy atom. The van der Waals surface area contributed by atoms with Crippen molar-refractivity contribution >= 4 is 0 Å². The fourth-order valence-corrected chi connectivity index (χ4v) is 2.51. The summed E-state index contributed by atoms with van der Waals surface area (Å²) >= 11 is 0. The molecule has 0 unspecified atom stereocenters. The summed E-state index contributed by atoms with van der Waals surface area (Å²) in [6.07, 6.45) is 3.00. The molecule has 0 aromatic heterocycles. The molecule has 1 heterocycles. The van der Waals surface area contributed by atoms with Crippen LogP contribution in [0.1, 0.15) is 36.8 Å². The lowest BCUT2D eigenvalue weighted by atomic mass is 9.87. The van der Waals surface area contributed by atoms with Gasteiger partial charge < -0.3 is 10.5 Å². The van der Waals surface area contributed by atoms with Gasteiger partial charge in [0.1, 0.15) is 5.67 Å². The van der Waals surface area contributed by atoms with Crippen molar-refractivity contribution in [2.75, 3.05) is 13.2 Å². The van der Waals surface area contributed by atoms with E-state index in [0.717, 1.165) is 24.0 Å². The summed E-state index contributed by atoms with van der Waals surface area (Å²) < 4.78 is 19.9. The summed E-state index contributed by atoms with van der Waals surface area (Å²) in [6.45, 7) is 1.03. The molecule has 3 heteroatoms. The lowest BCUT2D eigenvalue weighted by molar-refractivity contribution is -0.0115. The van der Waals surface area contributed by atoms with Gasteiger partial charge in [-0.25, -0.2) is 4.39 Å². The maximum absolute atomic E-state index is 14.6. The maximum Gasteiger partial charge on any atom is 0.140 e. The van der Waals surface area contributed by atoms with Crippen LogP contribution >= 0.6 is 0 Å². The predicted molar refractivity (Wildman–Crippen MR) is 64.4 cm³/mol. The molecular weight excluding hydrogens is 217 g/mol. The van der Waals surface area contributed by atoms with E-state index in [0.29, 0.717) is 26.1 Å². The highest BCUT2D eigenvalue weighted by Gasteiger charge is 2.40. The smallest absolute Gasteiger partial charge is 0.140 e. The number of hydrogen-bond acceptors (Lipinski definition) is 2. The van der Waals surface area contributed by atoms with Gasteiger partial charge in [-0.1, -0.05) is 24.3 Å². The molecular formula is C14H18FNO. The number of hydrogen-bond donors (Lipinski definition) is 1. The highest BCUT2D eigenvalue weighted by Crippen LogP contribution is 2.43. The van der Waals surface area contributed by atoms with E-state index in [1.165, 1.54) is 0 Å². The Morgan fingerprint density at radius 2 is 1.47 bits per heavy atom. The molecule has 17 heavy (non-hydrogen) atoms. The Kier molecular flexibility index (Phi) is 2.49. The highest BCUT2D eigenvalue weighted by molar-refractivity contribution is 5.34. The third kappa shape index (κ3) is 1.98. The molecule has 3 rings (SSSR count). The Bertz CT molecular complexity index is 405. The van der Waals surface area contributed by atoms with Crippen molar-refractivity contribution in [2.24, 2.45) is 5.73 Å². The first-order valence-corrected chi connectivity index (χ1v) is 6.29. The SMILES string of the molecule is NC1(c2ccc(C3(F)CCOCC3)cc2)CC1. The Balaban J connectivity index is 1.83. The second-order valence-electron chi connectivity index (χ2n) is 5.31. The number of nitrogens with two attached hydrogens (primary N) is 1. The molecule has 2 fully saturated rings. The molecule has 2 nitrogen and oxygen atoms in total. The third-order valence-electron chi connectivity index (χ3n) is 4.05. The van der Waals surface area contributed by atoms with Crippen molar-refractivity contribution in [1.82, 2.24) is 0 Å². The van der Waals surface area contributed by atoms with E-state index < -0.39 is 5.67 Å². The van der Waals surface area contributed by atoms with Crippen molar-refractivity contribution in [3.05, 3.63) is 35.4 Å². The van der Waals surface area contributed by atoms with Gasteiger partial charge >= 0.3 is 0 Å². The number of benzene rings is 1. The molecule has 92 valence electrons. The zero-order valence-corrected chi connectivity index (χ0v) is 9.92. The summed E-state index contributed by atoms with van der Waals surface area (Å²) in [6, 6.07) is 7.76. The van der Waals surface area contributed by atoms with Crippen molar-refractivity contribution in [3.8, 4) is 0 Å². The first kappa shape index (κ1) is 11.2. The van der Waals surface area contributed by atoms with Crippen LogP contribution in [0, 0.1) is 0 Å². The summed E-state index contributed by atoms with van der Waals surface area (Å²) in [5, 5.41) is 0. The Labute approximate surface area is 101 Å². The molecule has 1 aliphatic heterocycles. The molecule has 2 N–H and O–H groups in total. The number of halogens is 1. The molecule has 1 saturated carbocycles. The van der Waals surface area contributed by atoms with Gasteiger partial charge in [-0.15, -0.1) is 0 Å². The number of alkyl halides is 1. The molecule has 1 aliphatic carbocycles. The van der Waals surface area contributed by atoms with E-state index in [1.807, 2.05) is 24.3 Å². The Morgan fingerprint density at radius 1 is 0.941 bits per heavy atom. The predicted octanol–water partition coefficient (Wildman–Crippen LogP) is 2.61. The largest absolute Gasteiger partial charge is 0.381 e. The third-order valence-corrected chi connectivity index (χ3v) is 4.05. The summed E-state index contributed by atoms with van der Waals surface area (Å²) in [4.78, 5) is 0. The summed E-state index contributed by atoms with van der Waals surface area (Å²) in [5.74, 6) is 0. The van der Waals surface area contributed by atoms with Crippen molar-refractivity contribution in [3.63, 3.8) is 0 Å². The lowest BCUT2D eigenvalue weighted by Gasteiger charge is -2.30. The highest BCUT2D eigenvalue weighted by atomic mass is 19.1. The fourth-order valence-electron chi connectivity index (χ4n) is 2.51. The standard InChI is InChI=1S/C14H18FNO/c15-13(7-9-17-10-8-13)11-1-3-12(4-2-11)14(16)5-6-14/h1-4H,5-10,16H2. The minimum Gasteiger partial charge on any atom is -0.381 e. The van der Waals surface area contributed by atoms with Crippen LogP contribution in [-0.2, 0) is 15.9 Å². The van der Waals surface area contributed by atoms with Gasteiger partial charge in [-0.3, -0.25) is 0 Å². The zero-order valence-electron chi connectivity index (χ0n) is 9.92. The van der Waals surface area contributed by atoms with Crippen LogP contribution in [-0.4, -0.2) is 13.2 Å². The normalized spacial score (nSPS) is 25.5. The molecule has 0 spiro atoms. The van der Waals surface area contributed by atoms with Gasteiger partial charge in [0.25, 0.3) is 0 Å². The van der Waals surface area contributed by atoms with Crippen molar-refractivity contribution in [2.45, 2.75) is 36.9 Å². The van der Waals surface area contributed by atoms with Crippen LogP contribution in [0.2, 0.25) is 0 Å². The number of ether oxygens (including phenoxy) is 1. The van der Waals surface area contributed by atoms with Crippen molar-refractivity contribution < 1.29 is 9.13 Å². The lowest BCUT2D eigenvalue weighted by Crippen LogP contribution is -2.29. The zero-order chi connectivity index (χ0) is 11.9. The van der Waals surface area contributed by atoms with Crippen LogP contribution in [0.15, 0.2) is 24.3 Å². The summed E-state index contributed by atoms with van der Waals surface area (Å²) in [5.41, 5.74) is 6.69. The van der Waals surface area contributed by atoms with Gasteiger partial charge in [0.2, 0.25) is 0 Å². The topological polar surface area (TPSA) is 35.2 Å². The molecule has 1 aromatic rings. The van der Waals surface area contributed by atoms with E-state index in [-0.39, 0.29) is 5.54 Å². The molecule has 1 aromatic carbocycles. The van der Waals surface area contributed by atoms with E-state index in [4.69, 9.17) is 10.5 Å². The van der Waals surface area contributed by atoms with E-state index in [2.05, 4.69) is 0 Å². The first-order valence-electron chi connectivity index (χ1n) is 6.29. The minimum absolute atomic E-state index is 0.127. The van der Waals surface area contributed by atoms with Crippen LogP contribution in [0.25, 0.3) is 0 Å². The van der Waals surface area contributed by atoms with Gasteiger partial charge in [0.05, 0.1) is 0 Å². The molecule has 0 bridgehead atoms. The molecule has 0 amide bonds. The van der Waals surface area contributed by atoms with Crippen LogP contribution < -0.4 is 5.73 Å². The monoisotopic (exact) mass is 235 g/mol. The fraction of sp³-hybridized carbons (Fsp3) is 0.571. The van der Waals surface area contributed by atoms with Gasteiger partial charge in [-0.2, -0.15) is 0 Å². The van der Waals surface area contributed by atoms with Gasteiger partial charge in [0.15, 0.2) is 0 Å². The van der Waals surface area contributed by atoms with Crippen molar-refractivity contribution in [1.29, 1.82) is 0 Å². The molecule has 1 saturated heterocycles. The first-order chi connectivity index (χ1) is 8.12. The average Bonchev–Trinajstić information content (AvgIpc) is 3.10. The second kappa shape index (κ2) is 3.79. The Hall–Kier alpha value is -0.930. The van der Waals surface area contributed by atoms with Gasteiger partial charge in [-0.05, 0) is 24.0 Å². The summed E-state index contributed by atoms with van der Waals surface area (Å²) in [7, 11) is 0. The van der Waals surface area contributed by atoms with E-state index in [1.54, 1.807) is 0 Å². The number of rotatable bonds is 2. The molecule has 0 radical (unpaired) electrons.